The molecule has 0 aliphatic rings. The largest absolute Gasteiger partial charge is 0.396 e. The average molecular weight is 353 g/mol. The fraction of sp³-hybridized carbons (Fsp3) is 0.455. The van der Waals surface area contributed by atoms with Crippen LogP contribution in [0.5, 0.6) is 0 Å². The Kier molecular flexibility index (Phi) is 5.24. The molecule has 3 nitrogen and oxygen atoms in total. The number of hydrogen-bond acceptors (Lipinski definition) is 3. The van der Waals surface area contributed by atoms with Crippen molar-refractivity contribution >= 4 is 37.5 Å². The van der Waals surface area contributed by atoms with Gasteiger partial charge in [-0.3, -0.25) is 0 Å². The van der Waals surface area contributed by atoms with Crippen molar-refractivity contribution in [2.45, 2.75) is 6.92 Å². The van der Waals surface area contributed by atoms with Crippen molar-refractivity contribution in [3.8, 4) is 0 Å². The van der Waals surface area contributed by atoms with Gasteiger partial charge in [-0.1, -0.05) is 22.9 Å². The monoisotopic (exact) mass is 351 g/mol. The van der Waals surface area contributed by atoms with Crippen LogP contribution in [0.4, 0.5) is 5.69 Å². The molecule has 16 heavy (non-hydrogen) atoms. The van der Waals surface area contributed by atoms with E-state index in [1.807, 2.05) is 25.1 Å². The number of aliphatic hydroxyl groups excluding tert-OH is 2. The van der Waals surface area contributed by atoms with E-state index < -0.39 is 5.41 Å². The number of benzene rings is 1. The van der Waals surface area contributed by atoms with E-state index in [0.29, 0.717) is 6.54 Å². The van der Waals surface area contributed by atoms with E-state index in [2.05, 4.69) is 37.2 Å². The zero-order valence-electron chi connectivity index (χ0n) is 9.00. The van der Waals surface area contributed by atoms with E-state index in [1.54, 1.807) is 0 Å². The third-order valence-electron chi connectivity index (χ3n) is 2.40. The normalized spacial score (nSPS) is 11.6. The molecule has 0 bridgehead atoms. The number of nitrogens with one attached hydrogen (secondary N) is 1. The van der Waals surface area contributed by atoms with E-state index in [-0.39, 0.29) is 13.2 Å². The molecule has 0 spiro atoms. The molecule has 0 atom stereocenters. The van der Waals surface area contributed by atoms with E-state index in [0.717, 1.165) is 14.6 Å². The van der Waals surface area contributed by atoms with E-state index in [1.165, 1.54) is 0 Å². The van der Waals surface area contributed by atoms with Crippen molar-refractivity contribution in [1.82, 2.24) is 0 Å². The molecule has 0 radical (unpaired) electrons. The maximum atomic E-state index is 9.16. The molecular weight excluding hydrogens is 338 g/mol. The van der Waals surface area contributed by atoms with Crippen molar-refractivity contribution in [3.63, 3.8) is 0 Å². The molecule has 0 saturated carbocycles. The SMILES string of the molecule is CC(CO)(CO)CNc1ccc(Br)cc1Br. The van der Waals surface area contributed by atoms with Gasteiger partial charge >= 0.3 is 0 Å². The van der Waals surface area contributed by atoms with Gasteiger partial charge in [0.05, 0.1) is 13.2 Å². The fourth-order valence-corrected chi connectivity index (χ4v) is 2.29. The van der Waals surface area contributed by atoms with Gasteiger partial charge in [-0.05, 0) is 34.1 Å². The van der Waals surface area contributed by atoms with E-state index >= 15 is 0 Å². The number of halogens is 2. The van der Waals surface area contributed by atoms with Crippen molar-refractivity contribution in [3.05, 3.63) is 27.1 Å². The standard InChI is InChI=1S/C11H15Br2NO2/c1-11(6-15,7-16)5-14-10-3-2-8(12)4-9(10)13/h2-4,14-16H,5-7H2,1H3. The van der Waals surface area contributed by atoms with Crippen LogP contribution in [0.1, 0.15) is 6.92 Å². The Bertz CT molecular complexity index is 354. The van der Waals surface area contributed by atoms with Gasteiger partial charge in [0, 0.05) is 26.6 Å². The minimum absolute atomic E-state index is 0.0509. The lowest BCUT2D eigenvalue weighted by molar-refractivity contribution is 0.0806. The highest BCUT2D eigenvalue weighted by molar-refractivity contribution is 9.11. The highest BCUT2D eigenvalue weighted by Crippen LogP contribution is 2.27. The minimum atomic E-state index is -0.507. The van der Waals surface area contributed by atoms with E-state index in [9.17, 15) is 0 Å². The molecule has 1 aromatic carbocycles. The van der Waals surface area contributed by atoms with Gasteiger partial charge in [0.2, 0.25) is 0 Å². The molecule has 90 valence electrons. The maximum Gasteiger partial charge on any atom is 0.0523 e. The summed E-state index contributed by atoms with van der Waals surface area (Å²) in [4.78, 5) is 0. The number of aliphatic hydroxyl groups is 2. The van der Waals surface area contributed by atoms with Gasteiger partial charge < -0.3 is 15.5 Å². The van der Waals surface area contributed by atoms with Crippen LogP contribution in [-0.4, -0.2) is 30.0 Å². The van der Waals surface area contributed by atoms with Crippen LogP contribution in [0.2, 0.25) is 0 Å². The molecular formula is C11H15Br2NO2. The zero-order valence-corrected chi connectivity index (χ0v) is 12.2. The number of anilines is 1. The maximum absolute atomic E-state index is 9.16. The fourth-order valence-electron chi connectivity index (χ4n) is 1.10. The van der Waals surface area contributed by atoms with Crippen LogP contribution >= 0.6 is 31.9 Å². The first kappa shape index (κ1) is 14.0. The summed E-state index contributed by atoms with van der Waals surface area (Å²) in [6, 6.07) is 5.81. The molecule has 1 rings (SSSR count). The Labute approximate surface area is 112 Å². The lowest BCUT2D eigenvalue weighted by Gasteiger charge is -2.25. The topological polar surface area (TPSA) is 52.5 Å². The summed E-state index contributed by atoms with van der Waals surface area (Å²) in [5, 5.41) is 21.5. The minimum Gasteiger partial charge on any atom is -0.396 e. The predicted molar refractivity (Wildman–Crippen MR) is 72.6 cm³/mol. The van der Waals surface area contributed by atoms with Crippen molar-refractivity contribution in [1.29, 1.82) is 0 Å². The van der Waals surface area contributed by atoms with Crippen LogP contribution in [0.25, 0.3) is 0 Å². The molecule has 0 amide bonds. The third kappa shape index (κ3) is 3.73. The summed E-state index contributed by atoms with van der Waals surface area (Å²) in [7, 11) is 0. The Morgan fingerprint density at radius 2 is 1.88 bits per heavy atom. The first-order valence-corrected chi connectivity index (χ1v) is 6.50. The number of rotatable bonds is 5. The summed E-state index contributed by atoms with van der Waals surface area (Å²) < 4.78 is 1.94. The molecule has 0 unspecified atom stereocenters. The molecule has 0 aliphatic heterocycles. The molecule has 0 aromatic heterocycles. The van der Waals surface area contributed by atoms with Crippen LogP contribution in [-0.2, 0) is 0 Å². The van der Waals surface area contributed by atoms with Crippen LogP contribution in [0.15, 0.2) is 27.1 Å². The van der Waals surface area contributed by atoms with Gasteiger partial charge in [-0.25, -0.2) is 0 Å². The summed E-state index contributed by atoms with van der Waals surface area (Å²) in [5.74, 6) is 0. The zero-order chi connectivity index (χ0) is 12.2. The van der Waals surface area contributed by atoms with Gasteiger partial charge in [0.25, 0.3) is 0 Å². The lowest BCUT2D eigenvalue weighted by atomic mass is 9.93. The molecule has 5 heteroatoms. The second kappa shape index (κ2) is 6.00. The average Bonchev–Trinajstić information content (AvgIpc) is 2.27. The highest BCUT2D eigenvalue weighted by atomic mass is 79.9. The van der Waals surface area contributed by atoms with Crippen LogP contribution in [0.3, 0.4) is 0 Å². The first-order chi connectivity index (χ1) is 7.50. The Balaban J connectivity index is 2.67. The van der Waals surface area contributed by atoms with Crippen LogP contribution < -0.4 is 5.32 Å². The second-order valence-corrected chi connectivity index (χ2v) is 5.87. The van der Waals surface area contributed by atoms with Gasteiger partial charge in [-0.15, -0.1) is 0 Å². The highest BCUT2D eigenvalue weighted by Gasteiger charge is 2.22. The Morgan fingerprint density at radius 3 is 2.38 bits per heavy atom. The molecule has 0 fully saturated rings. The van der Waals surface area contributed by atoms with E-state index in [4.69, 9.17) is 10.2 Å². The Morgan fingerprint density at radius 1 is 1.25 bits per heavy atom. The summed E-state index contributed by atoms with van der Waals surface area (Å²) in [6.07, 6.45) is 0. The van der Waals surface area contributed by atoms with Crippen LogP contribution in [0, 0.1) is 5.41 Å². The van der Waals surface area contributed by atoms with Crippen molar-refractivity contribution in [2.75, 3.05) is 25.1 Å². The molecule has 0 heterocycles. The predicted octanol–water partition coefficient (Wildman–Crippen LogP) is 2.61. The van der Waals surface area contributed by atoms with Crippen molar-refractivity contribution in [2.24, 2.45) is 5.41 Å². The third-order valence-corrected chi connectivity index (χ3v) is 3.55. The Hall–Kier alpha value is -0.100. The quantitative estimate of drug-likeness (QED) is 0.763. The second-order valence-electron chi connectivity index (χ2n) is 4.10. The van der Waals surface area contributed by atoms with Crippen molar-refractivity contribution < 1.29 is 10.2 Å². The van der Waals surface area contributed by atoms with Gasteiger partial charge in [0.15, 0.2) is 0 Å². The summed E-state index contributed by atoms with van der Waals surface area (Å²) in [5.41, 5.74) is 0.434. The summed E-state index contributed by atoms with van der Waals surface area (Å²) in [6.45, 7) is 2.24. The summed E-state index contributed by atoms with van der Waals surface area (Å²) >= 11 is 6.82. The van der Waals surface area contributed by atoms with Gasteiger partial charge in [0.1, 0.15) is 0 Å². The first-order valence-electron chi connectivity index (χ1n) is 4.91. The molecule has 0 saturated heterocycles. The van der Waals surface area contributed by atoms with Gasteiger partial charge in [-0.2, -0.15) is 0 Å². The smallest absolute Gasteiger partial charge is 0.0523 e. The lowest BCUT2D eigenvalue weighted by Crippen LogP contribution is -2.34. The molecule has 0 aliphatic carbocycles. The number of hydrogen-bond donors (Lipinski definition) is 3. The molecule has 3 N–H and O–H groups in total. The molecule has 1 aromatic rings.